The number of benzene rings is 11. The van der Waals surface area contributed by atoms with Crippen LogP contribution >= 0.6 is 0 Å². The summed E-state index contributed by atoms with van der Waals surface area (Å²) in [5, 5.41) is 13.2. The molecule has 11 aromatic carbocycles. The third-order valence-electron chi connectivity index (χ3n) is 14.3. The molecule has 0 bridgehead atoms. The molecule has 11 aromatic rings. The number of aryl methyl sites for hydroxylation is 1. The van der Waals surface area contributed by atoms with Gasteiger partial charge in [0, 0.05) is 17.1 Å². The Morgan fingerprint density at radius 2 is 0.892 bits per heavy atom. The van der Waals surface area contributed by atoms with Crippen molar-refractivity contribution in [3.8, 4) is 11.1 Å². The molecule has 1 aliphatic carbocycles. The Balaban J connectivity index is 0.857. The van der Waals surface area contributed by atoms with Gasteiger partial charge in [-0.1, -0.05) is 201 Å². The molecular weight excluding hydrogens is 783 g/mol. The average molecular weight is 832 g/mol. The van der Waals surface area contributed by atoms with Crippen molar-refractivity contribution in [3.63, 3.8) is 0 Å². The fourth-order valence-corrected chi connectivity index (χ4v) is 11.0. The van der Waals surface area contributed by atoms with E-state index in [4.69, 9.17) is 0 Å². The van der Waals surface area contributed by atoms with Crippen LogP contribution in [0.15, 0.2) is 224 Å². The Bertz CT molecular complexity index is 3530. The normalized spacial score (nSPS) is 13.4. The van der Waals surface area contributed by atoms with Gasteiger partial charge < -0.3 is 4.90 Å². The van der Waals surface area contributed by atoms with Crippen LogP contribution in [0, 0.1) is 0 Å². The first-order valence-corrected chi connectivity index (χ1v) is 23.2. The van der Waals surface area contributed by atoms with Crippen LogP contribution in [0.25, 0.3) is 71.1 Å². The predicted octanol–water partition coefficient (Wildman–Crippen LogP) is 17.7. The molecule has 1 nitrogen and oxygen atoms in total. The molecule has 1 aliphatic rings. The third-order valence-corrected chi connectivity index (χ3v) is 14.3. The van der Waals surface area contributed by atoms with Gasteiger partial charge in [0.2, 0.25) is 0 Å². The number of anilines is 3. The molecule has 0 fully saturated rings. The summed E-state index contributed by atoms with van der Waals surface area (Å²) in [7, 11) is 0. The fourth-order valence-electron chi connectivity index (χ4n) is 11.0. The predicted molar refractivity (Wildman–Crippen MR) is 279 cm³/mol. The Labute approximate surface area is 381 Å². The largest absolute Gasteiger partial charge is 0.310 e. The van der Waals surface area contributed by atoms with Crippen molar-refractivity contribution >= 4 is 77.0 Å². The molecule has 0 saturated carbocycles. The van der Waals surface area contributed by atoms with Crippen molar-refractivity contribution in [2.75, 3.05) is 4.90 Å². The number of nitrogens with zero attached hydrogens (tertiary/aromatic N) is 1. The number of allylic oxidation sites excluding steroid dienone is 1. The molecule has 2 unspecified atom stereocenters. The van der Waals surface area contributed by atoms with Gasteiger partial charge in [-0.05, 0) is 160 Å². The van der Waals surface area contributed by atoms with E-state index in [0.717, 1.165) is 36.3 Å². The van der Waals surface area contributed by atoms with Gasteiger partial charge in [-0.2, -0.15) is 0 Å². The second-order valence-electron chi connectivity index (χ2n) is 17.9. The summed E-state index contributed by atoms with van der Waals surface area (Å²) in [6.07, 6.45) is 7.85. The zero-order valence-electron chi connectivity index (χ0n) is 36.7. The minimum absolute atomic E-state index is 0.312. The lowest BCUT2D eigenvalue weighted by Gasteiger charge is -2.27. The van der Waals surface area contributed by atoms with E-state index in [0.29, 0.717) is 11.8 Å². The summed E-state index contributed by atoms with van der Waals surface area (Å²) in [6, 6.07) is 81.2. The fraction of sp³-hybridized carbons (Fsp3) is 0.0938. The quantitative estimate of drug-likeness (QED) is 0.131. The molecule has 0 radical (unpaired) electrons. The summed E-state index contributed by atoms with van der Waals surface area (Å²) in [6.45, 7) is 2.41. The molecule has 0 aromatic heterocycles. The third kappa shape index (κ3) is 6.96. The number of hydrogen-bond acceptors (Lipinski definition) is 1. The molecule has 0 saturated heterocycles. The molecule has 12 rings (SSSR count). The summed E-state index contributed by atoms with van der Waals surface area (Å²) in [4.78, 5) is 2.38. The Kier molecular flexibility index (Phi) is 9.83. The maximum Gasteiger partial charge on any atom is 0.0468 e. The zero-order valence-corrected chi connectivity index (χ0v) is 36.7. The van der Waals surface area contributed by atoms with Gasteiger partial charge in [0.15, 0.2) is 0 Å². The van der Waals surface area contributed by atoms with E-state index in [1.165, 1.54) is 92.8 Å². The van der Waals surface area contributed by atoms with Crippen molar-refractivity contribution in [2.24, 2.45) is 0 Å². The van der Waals surface area contributed by atoms with Gasteiger partial charge in [0.1, 0.15) is 0 Å². The first-order valence-electron chi connectivity index (χ1n) is 23.2. The van der Waals surface area contributed by atoms with Gasteiger partial charge in [-0.15, -0.1) is 0 Å². The SMILES string of the molecule is CC(c1ccc(-c2ccc(N(c3ccccc3)c3ccc4c5ccccc5c5ccccc5c4c3)cc2)cc1)C(Cc1ccc2c3c(c4ccccc4c2c1)C=CCC3)c1ccccc1. The van der Waals surface area contributed by atoms with Crippen LogP contribution in [0.5, 0.6) is 0 Å². The van der Waals surface area contributed by atoms with Crippen LogP contribution < -0.4 is 4.90 Å². The first kappa shape index (κ1) is 38.9. The van der Waals surface area contributed by atoms with Gasteiger partial charge in [0.05, 0.1) is 0 Å². The number of fused-ring (bicyclic) bond motifs is 12. The van der Waals surface area contributed by atoms with Crippen molar-refractivity contribution in [3.05, 3.63) is 252 Å². The molecule has 2 atom stereocenters. The maximum atomic E-state index is 2.49. The molecule has 65 heavy (non-hydrogen) atoms. The lowest BCUT2D eigenvalue weighted by molar-refractivity contribution is 0.572. The van der Waals surface area contributed by atoms with E-state index >= 15 is 0 Å². The second-order valence-corrected chi connectivity index (χ2v) is 17.9. The molecule has 1 heteroatoms. The number of rotatable bonds is 9. The lowest BCUT2D eigenvalue weighted by atomic mass is 9.78. The van der Waals surface area contributed by atoms with E-state index in [1.807, 2.05) is 0 Å². The van der Waals surface area contributed by atoms with E-state index in [9.17, 15) is 0 Å². The number of hydrogen-bond donors (Lipinski definition) is 0. The van der Waals surface area contributed by atoms with Gasteiger partial charge in [-0.3, -0.25) is 0 Å². The highest BCUT2D eigenvalue weighted by atomic mass is 15.1. The van der Waals surface area contributed by atoms with Crippen LogP contribution in [-0.4, -0.2) is 0 Å². The van der Waals surface area contributed by atoms with Crippen molar-refractivity contribution in [2.45, 2.75) is 38.0 Å². The lowest BCUT2D eigenvalue weighted by Crippen LogP contribution is -2.12. The minimum atomic E-state index is 0.312. The first-order chi connectivity index (χ1) is 32.2. The van der Waals surface area contributed by atoms with Crippen molar-refractivity contribution in [1.82, 2.24) is 0 Å². The van der Waals surface area contributed by atoms with E-state index < -0.39 is 0 Å². The van der Waals surface area contributed by atoms with Crippen LogP contribution in [0.1, 0.15) is 53.0 Å². The molecule has 0 heterocycles. The molecule has 0 N–H and O–H groups in total. The van der Waals surface area contributed by atoms with Crippen LogP contribution in [0.4, 0.5) is 17.1 Å². The molecule has 310 valence electrons. The maximum absolute atomic E-state index is 2.49. The van der Waals surface area contributed by atoms with Gasteiger partial charge in [0.25, 0.3) is 0 Å². The minimum Gasteiger partial charge on any atom is -0.310 e. The van der Waals surface area contributed by atoms with Gasteiger partial charge >= 0.3 is 0 Å². The summed E-state index contributed by atoms with van der Waals surface area (Å²) in [5.74, 6) is 0.632. The summed E-state index contributed by atoms with van der Waals surface area (Å²) < 4.78 is 0. The molecule has 0 spiro atoms. The Morgan fingerprint density at radius 1 is 0.400 bits per heavy atom. The number of para-hydroxylation sites is 1. The summed E-state index contributed by atoms with van der Waals surface area (Å²) in [5.41, 5.74) is 12.9. The molecule has 0 amide bonds. The van der Waals surface area contributed by atoms with Crippen molar-refractivity contribution in [1.29, 1.82) is 0 Å². The van der Waals surface area contributed by atoms with Crippen LogP contribution in [0.2, 0.25) is 0 Å². The summed E-state index contributed by atoms with van der Waals surface area (Å²) >= 11 is 0. The van der Waals surface area contributed by atoms with E-state index in [-0.39, 0.29) is 0 Å². The topological polar surface area (TPSA) is 3.24 Å². The molecular formula is C64H49N. The smallest absolute Gasteiger partial charge is 0.0468 e. The highest BCUT2D eigenvalue weighted by Gasteiger charge is 2.23. The Morgan fingerprint density at radius 3 is 1.55 bits per heavy atom. The Hall–Kier alpha value is -7.74. The highest BCUT2D eigenvalue weighted by molar-refractivity contribution is 6.25. The van der Waals surface area contributed by atoms with E-state index in [2.05, 4.69) is 242 Å². The van der Waals surface area contributed by atoms with Crippen LogP contribution in [-0.2, 0) is 12.8 Å². The van der Waals surface area contributed by atoms with E-state index in [1.54, 1.807) is 0 Å². The average Bonchev–Trinajstić information content (AvgIpc) is 3.39. The monoisotopic (exact) mass is 831 g/mol. The highest BCUT2D eigenvalue weighted by Crippen LogP contribution is 2.43. The van der Waals surface area contributed by atoms with Crippen LogP contribution in [0.3, 0.4) is 0 Å². The van der Waals surface area contributed by atoms with Crippen molar-refractivity contribution < 1.29 is 0 Å². The second kappa shape index (κ2) is 16.4. The standard InChI is InChI=1S/C64H49N/c1-43(62(48-16-4-2-5-17-48)40-44-28-38-60-56-24-10-8-20-52(56)54-22-12-14-26-58(54)63(60)41-44)45-29-31-46(32-30-45)47-33-35-50(36-34-47)65(49-18-6-3-7-19-49)51-37-39-61-57-25-11-9-21-53(57)55-23-13-15-27-59(55)64(61)42-51/h2-9,11-23,25-39,41-43,62H,10,24,40H2,1H3. The van der Waals surface area contributed by atoms with Gasteiger partial charge in [-0.25, -0.2) is 0 Å². The zero-order chi connectivity index (χ0) is 43.3. The molecule has 0 aliphatic heterocycles.